The number of nitrogens with zero attached hydrogens (tertiary/aromatic N) is 1. The summed E-state index contributed by atoms with van der Waals surface area (Å²) in [7, 11) is 2.10. The van der Waals surface area contributed by atoms with E-state index in [0.29, 0.717) is 16.3 Å². The Morgan fingerprint density at radius 2 is 1.83 bits per heavy atom. The van der Waals surface area contributed by atoms with Gasteiger partial charge in [-0.3, -0.25) is 4.79 Å². The Morgan fingerprint density at radius 1 is 1.09 bits per heavy atom. The Hall–Kier alpha value is -1.84. The maximum absolute atomic E-state index is 13.5. The van der Waals surface area contributed by atoms with Crippen LogP contribution in [-0.4, -0.2) is 30.8 Å². The fraction of sp³-hybridized carbons (Fsp3) is 0.316. The molecule has 0 aliphatic carbocycles. The van der Waals surface area contributed by atoms with Crippen LogP contribution in [0.2, 0.25) is 5.02 Å². The van der Waals surface area contributed by atoms with Gasteiger partial charge in [-0.1, -0.05) is 29.8 Å². The number of ether oxygens (including phenoxy) is 1. The van der Waals surface area contributed by atoms with E-state index in [4.69, 9.17) is 16.3 Å². The molecule has 118 valence electrons. The van der Waals surface area contributed by atoms with Gasteiger partial charge in [0.05, 0.1) is 11.0 Å². The van der Waals surface area contributed by atoms with Gasteiger partial charge in [-0.05, 0) is 57.2 Å². The molecule has 0 unspecified atom stereocenters. The Balaban J connectivity index is 1.95. The maximum Gasteiger partial charge on any atom is 0.177 e. The first-order valence-corrected chi connectivity index (χ1v) is 8.28. The van der Waals surface area contributed by atoms with Gasteiger partial charge in [0.15, 0.2) is 5.78 Å². The van der Waals surface area contributed by atoms with E-state index in [-0.39, 0.29) is 5.78 Å². The molecule has 2 aromatic carbocycles. The van der Waals surface area contributed by atoms with Crippen molar-refractivity contribution in [3.05, 3.63) is 58.6 Å². The molecule has 23 heavy (non-hydrogen) atoms. The summed E-state index contributed by atoms with van der Waals surface area (Å²) in [5, 5.41) is 0.565. The molecule has 2 heterocycles. The number of para-hydroxylation sites is 1. The van der Waals surface area contributed by atoms with Gasteiger partial charge in [-0.2, -0.15) is 0 Å². The van der Waals surface area contributed by atoms with Gasteiger partial charge in [-0.25, -0.2) is 0 Å². The van der Waals surface area contributed by atoms with Crippen LogP contribution in [0.4, 0.5) is 0 Å². The summed E-state index contributed by atoms with van der Waals surface area (Å²) in [5.41, 5.74) is 1.09. The van der Waals surface area contributed by atoms with Crippen molar-refractivity contribution < 1.29 is 9.53 Å². The van der Waals surface area contributed by atoms with E-state index in [9.17, 15) is 4.79 Å². The third kappa shape index (κ3) is 2.27. The zero-order chi connectivity index (χ0) is 16.0. The van der Waals surface area contributed by atoms with Crippen molar-refractivity contribution in [2.45, 2.75) is 18.3 Å². The second-order valence-electron chi connectivity index (χ2n) is 6.45. The van der Waals surface area contributed by atoms with Gasteiger partial charge in [0.25, 0.3) is 0 Å². The van der Waals surface area contributed by atoms with E-state index in [2.05, 4.69) is 11.9 Å². The normalized spacial score (nSPS) is 19.7. The maximum atomic E-state index is 13.5. The molecule has 4 rings (SSSR count). The van der Waals surface area contributed by atoms with E-state index >= 15 is 0 Å². The predicted molar refractivity (Wildman–Crippen MR) is 90.7 cm³/mol. The molecule has 0 aromatic heterocycles. The Labute approximate surface area is 140 Å². The molecule has 0 saturated carbocycles. The van der Waals surface area contributed by atoms with Crippen molar-refractivity contribution in [3.63, 3.8) is 0 Å². The van der Waals surface area contributed by atoms with Gasteiger partial charge in [0.1, 0.15) is 11.5 Å². The summed E-state index contributed by atoms with van der Waals surface area (Å²) < 4.78 is 6.09. The lowest BCUT2D eigenvalue weighted by Crippen LogP contribution is -2.45. The smallest absolute Gasteiger partial charge is 0.177 e. The molecule has 1 saturated heterocycles. The van der Waals surface area contributed by atoms with Crippen LogP contribution in [0.3, 0.4) is 0 Å². The number of piperidine rings is 1. The average Bonchev–Trinajstić information content (AvgIpc) is 2.66. The average molecular weight is 328 g/mol. The van der Waals surface area contributed by atoms with Crippen LogP contribution in [0, 0.1) is 0 Å². The first-order chi connectivity index (χ1) is 11.1. The highest BCUT2D eigenvalue weighted by Gasteiger charge is 2.46. The molecule has 0 amide bonds. The summed E-state index contributed by atoms with van der Waals surface area (Å²) in [6.45, 7) is 1.80. The highest BCUT2D eigenvalue weighted by Crippen LogP contribution is 2.48. The molecule has 0 atom stereocenters. The first kappa shape index (κ1) is 14.7. The van der Waals surface area contributed by atoms with E-state index < -0.39 is 5.41 Å². The third-order valence-corrected chi connectivity index (χ3v) is 5.32. The van der Waals surface area contributed by atoms with Crippen LogP contribution >= 0.6 is 11.6 Å². The summed E-state index contributed by atoms with van der Waals surface area (Å²) in [4.78, 5) is 15.7. The molecule has 0 N–H and O–H groups in total. The Kier molecular flexibility index (Phi) is 3.43. The monoisotopic (exact) mass is 327 g/mol. The number of rotatable bonds is 0. The number of ketones is 1. The fourth-order valence-electron chi connectivity index (χ4n) is 3.71. The van der Waals surface area contributed by atoms with Gasteiger partial charge in [-0.15, -0.1) is 0 Å². The lowest BCUT2D eigenvalue weighted by Gasteiger charge is -2.39. The van der Waals surface area contributed by atoms with Crippen LogP contribution in [0.5, 0.6) is 11.5 Å². The minimum Gasteiger partial charge on any atom is -0.456 e. The number of carbonyl (C=O) groups excluding carboxylic acids is 1. The van der Waals surface area contributed by atoms with Crippen molar-refractivity contribution in [1.29, 1.82) is 0 Å². The summed E-state index contributed by atoms with van der Waals surface area (Å²) in [5.74, 6) is 1.52. The van der Waals surface area contributed by atoms with Crippen LogP contribution in [0.25, 0.3) is 0 Å². The van der Waals surface area contributed by atoms with E-state index in [1.54, 1.807) is 18.2 Å². The molecular formula is C19H18ClNO2. The van der Waals surface area contributed by atoms with E-state index in [0.717, 1.165) is 37.2 Å². The topological polar surface area (TPSA) is 29.5 Å². The van der Waals surface area contributed by atoms with Crippen LogP contribution in [-0.2, 0) is 5.41 Å². The van der Waals surface area contributed by atoms with Crippen molar-refractivity contribution in [2.75, 3.05) is 20.1 Å². The molecule has 2 aromatic rings. The minimum atomic E-state index is -0.515. The fourth-order valence-corrected chi connectivity index (χ4v) is 3.89. The van der Waals surface area contributed by atoms with Gasteiger partial charge in [0, 0.05) is 10.6 Å². The molecule has 0 radical (unpaired) electrons. The van der Waals surface area contributed by atoms with E-state index in [1.807, 2.05) is 24.3 Å². The standard InChI is InChI=1S/C19H18ClNO2/c1-21-10-8-19(9-11-21)15-4-2-3-5-17(15)23-16-7-6-13(20)12-14(16)18(19)22/h2-7,12H,8-11H2,1H3. The van der Waals surface area contributed by atoms with E-state index in [1.165, 1.54) is 0 Å². The van der Waals surface area contributed by atoms with Crippen LogP contribution in [0.1, 0.15) is 28.8 Å². The zero-order valence-corrected chi connectivity index (χ0v) is 13.8. The van der Waals surface area contributed by atoms with Crippen molar-refractivity contribution in [1.82, 2.24) is 4.90 Å². The SMILES string of the molecule is CN1CCC2(CC1)C(=O)c1cc(Cl)ccc1Oc1ccccc12. The zero-order valence-electron chi connectivity index (χ0n) is 13.0. The molecule has 4 heteroatoms. The minimum absolute atomic E-state index is 0.132. The summed E-state index contributed by atoms with van der Waals surface area (Å²) in [6.07, 6.45) is 1.60. The molecule has 2 aliphatic rings. The largest absolute Gasteiger partial charge is 0.456 e. The highest BCUT2D eigenvalue weighted by atomic mass is 35.5. The Bertz CT molecular complexity index is 779. The predicted octanol–water partition coefficient (Wildman–Crippen LogP) is 4.29. The van der Waals surface area contributed by atoms with Gasteiger partial charge in [0.2, 0.25) is 0 Å². The number of Topliss-reactive ketones (excluding diaryl/α,β-unsaturated/α-hetero) is 1. The number of hydrogen-bond acceptors (Lipinski definition) is 3. The number of benzene rings is 2. The third-order valence-electron chi connectivity index (χ3n) is 5.08. The molecule has 2 aliphatic heterocycles. The highest BCUT2D eigenvalue weighted by molar-refractivity contribution is 6.31. The van der Waals surface area contributed by atoms with Crippen molar-refractivity contribution >= 4 is 17.4 Å². The lowest BCUT2D eigenvalue weighted by molar-refractivity contribution is 0.0796. The van der Waals surface area contributed by atoms with Crippen LogP contribution < -0.4 is 4.74 Å². The van der Waals surface area contributed by atoms with Crippen LogP contribution in [0.15, 0.2) is 42.5 Å². The number of hydrogen-bond donors (Lipinski definition) is 0. The Morgan fingerprint density at radius 3 is 2.61 bits per heavy atom. The van der Waals surface area contributed by atoms with Crippen molar-refractivity contribution in [3.8, 4) is 11.5 Å². The van der Waals surface area contributed by atoms with Gasteiger partial charge >= 0.3 is 0 Å². The quantitative estimate of drug-likeness (QED) is 0.723. The number of halogens is 1. The number of carbonyl (C=O) groups is 1. The summed E-state index contributed by atoms with van der Waals surface area (Å²) in [6, 6.07) is 13.2. The second kappa shape index (κ2) is 5.36. The molecule has 1 fully saturated rings. The molecule has 0 bridgehead atoms. The second-order valence-corrected chi connectivity index (χ2v) is 6.89. The first-order valence-electron chi connectivity index (χ1n) is 7.90. The molecule has 1 spiro atoms. The lowest BCUT2D eigenvalue weighted by atomic mass is 9.68. The molecular weight excluding hydrogens is 310 g/mol. The molecule has 3 nitrogen and oxygen atoms in total. The van der Waals surface area contributed by atoms with Gasteiger partial charge < -0.3 is 9.64 Å². The van der Waals surface area contributed by atoms with Crippen molar-refractivity contribution in [2.24, 2.45) is 0 Å². The number of likely N-dealkylation sites (tertiary alicyclic amines) is 1. The number of fused-ring (bicyclic) bond motifs is 3. The summed E-state index contributed by atoms with van der Waals surface area (Å²) >= 11 is 6.14.